The summed E-state index contributed by atoms with van der Waals surface area (Å²) in [4.78, 5) is 14.6. The van der Waals surface area contributed by atoms with Gasteiger partial charge in [-0.2, -0.15) is 0 Å². The summed E-state index contributed by atoms with van der Waals surface area (Å²) < 4.78 is 14.8. The number of aryl methyl sites for hydroxylation is 1. The number of benzene rings is 1. The molecule has 1 heterocycles. The zero-order valence-electron chi connectivity index (χ0n) is 8.51. The number of halogens is 1. The standard InChI is InChI=1S/C11H9FN2O2/c1-14-6-9(13-10(14)11(15)16)7-4-2-3-5-8(7)12/h2-6H,1H3,(H,15,16). The van der Waals surface area contributed by atoms with Gasteiger partial charge in [0, 0.05) is 18.8 Å². The minimum Gasteiger partial charge on any atom is -0.475 e. The summed E-state index contributed by atoms with van der Waals surface area (Å²) in [5.41, 5.74) is 0.614. The van der Waals surface area contributed by atoms with Gasteiger partial charge in [0.05, 0.1) is 5.69 Å². The largest absolute Gasteiger partial charge is 0.475 e. The fourth-order valence-electron chi connectivity index (χ4n) is 1.46. The minimum atomic E-state index is -1.13. The molecule has 0 spiro atoms. The molecule has 0 radical (unpaired) electrons. The molecule has 4 nitrogen and oxygen atoms in total. The van der Waals surface area contributed by atoms with Crippen LogP contribution in [0.4, 0.5) is 4.39 Å². The number of nitrogens with zero attached hydrogens (tertiary/aromatic N) is 2. The summed E-state index contributed by atoms with van der Waals surface area (Å²) in [5.74, 6) is -1.67. The fourth-order valence-corrected chi connectivity index (χ4v) is 1.46. The lowest BCUT2D eigenvalue weighted by Gasteiger charge is -1.96. The molecule has 0 amide bonds. The van der Waals surface area contributed by atoms with Gasteiger partial charge in [-0.1, -0.05) is 12.1 Å². The maximum absolute atomic E-state index is 13.4. The maximum Gasteiger partial charge on any atom is 0.372 e. The summed E-state index contributed by atoms with van der Waals surface area (Å²) >= 11 is 0. The van der Waals surface area contributed by atoms with Crippen LogP contribution in [0, 0.1) is 5.82 Å². The van der Waals surface area contributed by atoms with E-state index in [9.17, 15) is 9.18 Å². The molecule has 0 aliphatic rings. The number of aromatic carboxylic acids is 1. The predicted octanol–water partition coefficient (Wildman–Crippen LogP) is 1.92. The first kappa shape index (κ1) is 10.4. The van der Waals surface area contributed by atoms with Crippen LogP contribution in [0.1, 0.15) is 10.6 Å². The molecule has 0 saturated heterocycles. The Labute approximate surface area is 91.0 Å². The Balaban J connectivity index is 2.54. The van der Waals surface area contributed by atoms with Crippen LogP contribution in [-0.2, 0) is 7.05 Å². The summed E-state index contributed by atoms with van der Waals surface area (Å²) in [6.45, 7) is 0. The second-order valence-electron chi connectivity index (χ2n) is 3.35. The Morgan fingerprint density at radius 1 is 1.44 bits per heavy atom. The first-order valence-corrected chi connectivity index (χ1v) is 4.61. The number of imidazole rings is 1. The van der Waals surface area contributed by atoms with Crippen LogP contribution in [0.2, 0.25) is 0 Å². The van der Waals surface area contributed by atoms with E-state index in [0.717, 1.165) is 0 Å². The van der Waals surface area contributed by atoms with Crippen molar-refractivity contribution in [2.75, 3.05) is 0 Å². The molecule has 0 unspecified atom stereocenters. The van der Waals surface area contributed by atoms with Gasteiger partial charge < -0.3 is 9.67 Å². The van der Waals surface area contributed by atoms with Crippen molar-refractivity contribution in [1.82, 2.24) is 9.55 Å². The van der Waals surface area contributed by atoms with Crippen molar-refractivity contribution in [3.8, 4) is 11.3 Å². The Bertz CT molecular complexity index is 549. The molecular weight excluding hydrogens is 211 g/mol. The molecule has 0 saturated carbocycles. The molecule has 0 atom stereocenters. The number of carbonyl (C=O) groups is 1. The molecule has 2 rings (SSSR count). The van der Waals surface area contributed by atoms with Crippen molar-refractivity contribution < 1.29 is 14.3 Å². The van der Waals surface area contributed by atoms with Crippen LogP contribution in [0.25, 0.3) is 11.3 Å². The summed E-state index contributed by atoms with van der Waals surface area (Å²) in [6, 6.07) is 6.11. The SMILES string of the molecule is Cn1cc(-c2ccccc2F)nc1C(=O)O. The van der Waals surface area contributed by atoms with Crippen molar-refractivity contribution in [1.29, 1.82) is 0 Å². The second kappa shape index (κ2) is 3.77. The van der Waals surface area contributed by atoms with Crippen LogP contribution < -0.4 is 0 Å². The van der Waals surface area contributed by atoms with Crippen molar-refractivity contribution >= 4 is 5.97 Å². The van der Waals surface area contributed by atoms with Crippen molar-refractivity contribution in [3.63, 3.8) is 0 Å². The van der Waals surface area contributed by atoms with Crippen LogP contribution in [-0.4, -0.2) is 20.6 Å². The average molecular weight is 220 g/mol. The summed E-state index contributed by atoms with van der Waals surface area (Å²) in [6.07, 6.45) is 1.49. The lowest BCUT2D eigenvalue weighted by molar-refractivity contribution is 0.0680. The van der Waals surface area contributed by atoms with Gasteiger partial charge in [-0.25, -0.2) is 14.2 Å². The van der Waals surface area contributed by atoms with Crippen molar-refractivity contribution in [2.45, 2.75) is 0 Å². The van der Waals surface area contributed by atoms with Gasteiger partial charge in [0.25, 0.3) is 0 Å². The second-order valence-corrected chi connectivity index (χ2v) is 3.35. The van der Waals surface area contributed by atoms with Crippen molar-refractivity contribution in [2.24, 2.45) is 7.05 Å². The molecule has 82 valence electrons. The third-order valence-corrected chi connectivity index (χ3v) is 2.22. The third kappa shape index (κ3) is 1.67. The minimum absolute atomic E-state index is 0.113. The highest BCUT2D eigenvalue weighted by Gasteiger charge is 2.14. The molecule has 1 N–H and O–H groups in total. The zero-order chi connectivity index (χ0) is 11.7. The molecule has 16 heavy (non-hydrogen) atoms. The topological polar surface area (TPSA) is 55.1 Å². The number of hydrogen-bond acceptors (Lipinski definition) is 2. The van der Waals surface area contributed by atoms with Crippen molar-refractivity contribution in [3.05, 3.63) is 42.1 Å². The maximum atomic E-state index is 13.4. The van der Waals surface area contributed by atoms with Crippen LogP contribution in [0.3, 0.4) is 0 Å². The van der Waals surface area contributed by atoms with E-state index in [2.05, 4.69) is 4.98 Å². The average Bonchev–Trinajstić information content (AvgIpc) is 2.61. The number of hydrogen-bond donors (Lipinski definition) is 1. The van der Waals surface area contributed by atoms with E-state index in [1.807, 2.05) is 0 Å². The lowest BCUT2D eigenvalue weighted by Crippen LogP contribution is -2.04. The number of carboxylic acid groups (broad SMARTS) is 1. The molecule has 0 bridgehead atoms. The fraction of sp³-hybridized carbons (Fsp3) is 0.0909. The van der Waals surface area contributed by atoms with Gasteiger partial charge in [0.1, 0.15) is 5.82 Å². The molecule has 1 aromatic heterocycles. The van der Waals surface area contributed by atoms with Gasteiger partial charge in [-0.05, 0) is 12.1 Å². The summed E-state index contributed by atoms with van der Waals surface area (Å²) in [5, 5.41) is 8.82. The quantitative estimate of drug-likeness (QED) is 0.841. The van der Waals surface area contributed by atoms with E-state index >= 15 is 0 Å². The van der Waals surface area contributed by atoms with E-state index in [1.54, 1.807) is 25.2 Å². The monoisotopic (exact) mass is 220 g/mol. The molecule has 1 aromatic carbocycles. The van der Waals surface area contributed by atoms with Gasteiger partial charge in [0.15, 0.2) is 0 Å². The lowest BCUT2D eigenvalue weighted by atomic mass is 10.1. The number of rotatable bonds is 2. The molecule has 2 aromatic rings. The van der Waals surface area contributed by atoms with Gasteiger partial charge in [-0.3, -0.25) is 0 Å². The van der Waals surface area contributed by atoms with Crippen LogP contribution >= 0.6 is 0 Å². The van der Waals surface area contributed by atoms with E-state index in [-0.39, 0.29) is 5.82 Å². The Hall–Kier alpha value is -2.17. The Morgan fingerprint density at radius 2 is 2.12 bits per heavy atom. The first-order valence-electron chi connectivity index (χ1n) is 4.61. The van der Waals surface area contributed by atoms with E-state index in [0.29, 0.717) is 11.3 Å². The highest BCUT2D eigenvalue weighted by Crippen LogP contribution is 2.21. The molecule has 5 heteroatoms. The zero-order valence-corrected chi connectivity index (χ0v) is 8.51. The Morgan fingerprint density at radius 3 is 2.69 bits per heavy atom. The normalized spacial score (nSPS) is 10.4. The Kier molecular flexibility index (Phi) is 2.44. The molecule has 0 aliphatic carbocycles. The van der Waals surface area contributed by atoms with Gasteiger partial charge in [0.2, 0.25) is 5.82 Å². The molecule has 0 aliphatic heterocycles. The highest BCUT2D eigenvalue weighted by atomic mass is 19.1. The number of aromatic nitrogens is 2. The van der Waals surface area contributed by atoms with E-state index in [4.69, 9.17) is 5.11 Å². The molecule has 0 fully saturated rings. The highest BCUT2D eigenvalue weighted by molar-refractivity contribution is 5.84. The first-order chi connectivity index (χ1) is 7.59. The van der Waals surface area contributed by atoms with Crippen LogP contribution in [0.5, 0.6) is 0 Å². The summed E-state index contributed by atoms with van der Waals surface area (Å²) in [7, 11) is 1.56. The predicted molar refractivity (Wildman–Crippen MR) is 55.6 cm³/mol. The van der Waals surface area contributed by atoms with Gasteiger partial charge >= 0.3 is 5.97 Å². The number of carboxylic acids is 1. The van der Waals surface area contributed by atoms with Crippen LogP contribution in [0.15, 0.2) is 30.5 Å². The van der Waals surface area contributed by atoms with E-state index < -0.39 is 11.8 Å². The van der Waals surface area contributed by atoms with E-state index in [1.165, 1.54) is 16.8 Å². The molecular formula is C11H9FN2O2. The van der Waals surface area contributed by atoms with Gasteiger partial charge in [-0.15, -0.1) is 0 Å². The third-order valence-electron chi connectivity index (χ3n) is 2.22. The smallest absolute Gasteiger partial charge is 0.372 e.